The summed E-state index contributed by atoms with van der Waals surface area (Å²) >= 11 is 2.95. The van der Waals surface area contributed by atoms with Gasteiger partial charge in [0.1, 0.15) is 10.6 Å². The number of piperazine rings is 1. The molecule has 4 aromatic rings. The standard InChI is InChI=1S/C19H20N6O4S3/c1-12-17(13(2)29-22-12)32(27,28)24-7-5-23(6-8-24)11-14-10-16(26)25-19(20-14)31-18(21-25)15-4-3-9-30-15/h3-4,9-10H,5-8,11H2,1-2H3. The van der Waals surface area contributed by atoms with Crippen molar-refractivity contribution in [1.29, 1.82) is 0 Å². The van der Waals surface area contributed by atoms with Crippen LogP contribution in [0.1, 0.15) is 17.1 Å². The number of hydrogen-bond donors (Lipinski definition) is 0. The lowest BCUT2D eigenvalue weighted by Gasteiger charge is -2.33. The van der Waals surface area contributed by atoms with Crippen LogP contribution in [0.3, 0.4) is 0 Å². The quantitative estimate of drug-likeness (QED) is 0.416. The summed E-state index contributed by atoms with van der Waals surface area (Å²) in [4.78, 5) is 21.0. The molecule has 5 rings (SSSR count). The van der Waals surface area contributed by atoms with Gasteiger partial charge in [-0.3, -0.25) is 9.69 Å². The molecule has 0 aliphatic carbocycles. The zero-order chi connectivity index (χ0) is 22.5. The molecule has 1 fully saturated rings. The lowest BCUT2D eigenvalue weighted by atomic mass is 10.3. The molecular formula is C19H20N6O4S3. The number of rotatable bonds is 5. The number of sulfonamides is 1. The third kappa shape index (κ3) is 3.79. The van der Waals surface area contributed by atoms with Crippen LogP contribution in [0.4, 0.5) is 0 Å². The number of fused-ring (bicyclic) bond motifs is 1. The third-order valence-corrected chi connectivity index (χ3v) is 9.40. The Balaban J connectivity index is 1.30. The Bertz CT molecular complexity index is 1410. The van der Waals surface area contributed by atoms with Crippen molar-refractivity contribution in [1.82, 2.24) is 29.0 Å². The minimum absolute atomic E-state index is 0.151. The van der Waals surface area contributed by atoms with Crippen molar-refractivity contribution < 1.29 is 12.9 Å². The van der Waals surface area contributed by atoms with Crippen LogP contribution < -0.4 is 5.56 Å². The molecule has 0 aromatic carbocycles. The molecule has 1 aliphatic rings. The second kappa shape index (κ2) is 8.15. The van der Waals surface area contributed by atoms with E-state index in [9.17, 15) is 13.2 Å². The van der Waals surface area contributed by atoms with Crippen molar-refractivity contribution in [2.24, 2.45) is 0 Å². The zero-order valence-corrected chi connectivity index (χ0v) is 19.8. The van der Waals surface area contributed by atoms with E-state index in [0.29, 0.717) is 54.8 Å². The van der Waals surface area contributed by atoms with Crippen LogP contribution in [0.15, 0.2) is 37.8 Å². The Morgan fingerprint density at radius 3 is 2.62 bits per heavy atom. The molecule has 0 saturated carbocycles. The van der Waals surface area contributed by atoms with Gasteiger partial charge in [0, 0.05) is 38.8 Å². The highest BCUT2D eigenvalue weighted by Gasteiger charge is 2.33. The van der Waals surface area contributed by atoms with E-state index in [1.807, 2.05) is 17.5 Å². The summed E-state index contributed by atoms with van der Waals surface area (Å²) in [5, 5.41) is 10.9. The van der Waals surface area contributed by atoms with Crippen molar-refractivity contribution in [3.05, 3.63) is 51.1 Å². The molecule has 13 heteroatoms. The largest absolute Gasteiger partial charge is 0.360 e. The number of nitrogens with zero attached hydrogens (tertiary/aromatic N) is 6. The Kier molecular flexibility index (Phi) is 5.45. The molecule has 0 spiro atoms. The number of thiophene rings is 1. The molecule has 1 aliphatic heterocycles. The van der Waals surface area contributed by atoms with Gasteiger partial charge < -0.3 is 4.52 Å². The normalized spacial score (nSPS) is 16.2. The summed E-state index contributed by atoms with van der Waals surface area (Å²) in [6.45, 7) is 5.46. The van der Waals surface area contributed by atoms with E-state index < -0.39 is 10.0 Å². The highest BCUT2D eigenvalue weighted by atomic mass is 32.2. The van der Waals surface area contributed by atoms with Crippen molar-refractivity contribution in [3.8, 4) is 9.88 Å². The lowest BCUT2D eigenvalue weighted by Crippen LogP contribution is -2.48. The molecular weight excluding hydrogens is 472 g/mol. The smallest absolute Gasteiger partial charge is 0.275 e. The van der Waals surface area contributed by atoms with E-state index in [0.717, 1.165) is 9.88 Å². The first kappa shape index (κ1) is 21.4. The van der Waals surface area contributed by atoms with E-state index >= 15 is 0 Å². The Morgan fingerprint density at radius 2 is 1.97 bits per heavy atom. The molecule has 1 saturated heterocycles. The highest BCUT2D eigenvalue weighted by molar-refractivity contribution is 7.89. The molecule has 168 valence electrons. The SMILES string of the molecule is Cc1noc(C)c1S(=O)(=O)N1CCN(Cc2cc(=O)n3nc(-c4cccs4)sc3n2)CC1. The van der Waals surface area contributed by atoms with Crippen molar-refractivity contribution in [3.63, 3.8) is 0 Å². The molecule has 0 amide bonds. The fourth-order valence-corrected chi connectivity index (χ4v) is 7.20. The molecule has 0 unspecified atom stereocenters. The molecule has 5 heterocycles. The Hall–Kier alpha value is -2.45. The topological polar surface area (TPSA) is 114 Å². The summed E-state index contributed by atoms with van der Waals surface area (Å²) in [5.41, 5.74) is 0.802. The maximum Gasteiger partial charge on any atom is 0.275 e. The molecule has 10 nitrogen and oxygen atoms in total. The van der Waals surface area contributed by atoms with Gasteiger partial charge in [-0.05, 0) is 25.3 Å². The monoisotopic (exact) mass is 492 g/mol. The first-order valence-electron chi connectivity index (χ1n) is 9.92. The first-order chi connectivity index (χ1) is 15.3. The van der Waals surface area contributed by atoms with Gasteiger partial charge in [-0.2, -0.15) is 13.9 Å². The summed E-state index contributed by atoms with van der Waals surface area (Å²) in [6, 6.07) is 5.40. The first-order valence-corrected chi connectivity index (χ1v) is 13.1. The molecule has 0 N–H and O–H groups in total. The molecule has 0 atom stereocenters. The maximum absolute atomic E-state index is 13.0. The number of hydrogen-bond acceptors (Lipinski definition) is 10. The maximum atomic E-state index is 13.0. The van der Waals surface area contributed by atoms with Crippen LogP contribution in [-0.4, -0.2) is 63.6 Å². The van der Waals surface area contributed by atoms with E-state index in [1.54, 1.807) is 25.2 Å². The van der Waals surface area contributed by atoms with Gasteiger partial charge >= 0.3 is 0 Å². The van der Waals surface area contributed by atoms with Gasteiger partial charge in [-0.15, -0.1) is 11.3 Å². The molecule has 0 radical (unpaired) electrons. The average molecular weight is 493 g/mol. The number of aromatic nitrogens is 4. The van der Waals surface area contributed by atoms with Crippen LogP contribution in [0.25, 0.3) is 14.8 Å². The second-order valence-corrected chi connectivity index (χ2v) is 11.3. The predicted molar refractivity (Wildman–Crippen MR) is 120 cm³/mol. The summed E-state index contributed by atoms with van der Waals surface area (Å²) in [5.74, 6) is 0.300. The fraction of sp³-hybridized carbons (Fsp3) is 0.368. The minimum Gasteiger partial charge on any atom is -0.360 e. The number of aryl methyl sites for hydroxylation is 2. The van der Waals surface area contributed by atoms with Gasteiger partial charge in [0.05, 0.1) is 10.6 Å². The van der Waals surface area contributed by atoms with E-state index in [2.05, 4.69) is 20.1 Å². The van der Waals surface area contributed by atoms with Crippen LogP contribution >= 0.6 is 22.7 Å². The summed E-state index contributed by atoms with van der Waals surface area (Å²) < 4.78 is 33.8. The van der Waals surface area contributed by atoms with Crippen molar-refractivity contribution in [2.75, 3.05) is 26.2 Å². The average Bonchev–Trinajstić information content (AvgIpc) is 3.48. The highest BCUT2D eigenvalue weighted by Crippen LogP contribution is 2.28. The molecule has 32 heavy (non-hydrogen) atoms. The van der Waals surface area contributed by atoms with Gasteiger partial charge in [0.15, 0.2) is 10.8 Å². The van der Waals surface area contributed by atoms with Crippen LogP contribution in [-0.2, 0) is 16.6 Å². The lowest BCUT2D eigenvalue weighted by molar-refractivity contribution is 0.180. The molecule has 4 aromatic heterocycles. The van der Waals surface area contributed by atoms with Gasteiger partial charge in [-0.1, -0.05) is 22.6 Å². The van der Waals surface area contributed by atoms with E-state index in [-0.39, 0.29) is 10.5 Å². The second-order valence-electron chi connectivity index (χ2n) is 7.50. The van der Waals surface area contributed by atoms with Gasteiger partial charge in [-0.25, -0.2) is 13.4 Å². The Morgan fingerprint density at radius 1 is 1.19 bits per heavy atom. The van der Waals surface area contributed by atoms with Crippen LogP contribution in [0.5, 0.6) is 0 Å². The summed E-state index contributed by atoms with van der Waals surface area (Å²) in [7, 11) is -3.65. The van der Waals surface area contributed by atoms with Gasteiger partial charge in [0.2, 0.25) is 15.0 Å². The van der Waals surface area contributed by atoms with Crippen molar-refractivity contribution in [2.45, 2.75) is 25.3 Å². The van der Waals surface area contributed by atoms with Crippen LogP contribution in [0.2, 0.25) is 0 Å². The van der Waals surface area contributed by atoms with Crippen molar-refractivity contribution >= 4 is 37.7 Å². The Labute approximate surface area is 191 Å². The van der Waals surface area contributed by atoms with Gasteiger partial charge in [0.25, 0.3) is 5.56 Å². The van der Waals surface area contributed by atoms with Crippen LogP contribution in [0, 0.1) is 13.8 Å². The third-order valence-electron chi connectivity index (χ3n) is 5.31. The van der Waals surface area contributed by atoms with E-state index in [4.69, 9.17) is 4.52 Å². The zero-order valence-electron chi connectivity index (χ0n) is 17.4. The minimum atomic E-state index is -3.65. The molecule has 0 bridgehead atoms. The summed E-state index contributed by atoms with van der Waals surface area (Å²) in [6.07, 6.45) is 0. The van der Waals surface area contributed by atoms with E-state index in [1.165, 1.54) is 26.2 Å². The predicted octanol–water partition coefficient (Wildman–Crippen LogP) is 1.99. The fourth-order valence-electron chi connectivity index (χ4n) is 3.77.